The van der Waals surface area contributed by atoms with Gasteiger partial charge in [-0.3, -0.25) is 4.79 Å². The molecular formula is C14H14BrNO2S. The van der Waals surface area contributed by atoms with Crippen molar-refractivity contribution >= 4 is 38.9 Å². The predicted molar refractivity (Wildman–Crippen MR) is 81.9 cm³/mol. The summed E-state index contributed by atoms with van der Waals surface area (Å²) in [5.41, 5.74) is 2.26. The van der Waals surface area contributed by atoms with Crippen molar-refractivity contribution in [3.63, 3.8) is 0 Å². The number of carbonyl (C=O) groups is 1. The van der Waals surface area contributed by atoms with Crippen molar-refractivity contribution in [2.45, 2.75) is 19.9 Å². The molecule has 0 spiro atoms. The summed E-state index contributed by atoms with van der Waals surface area (Å²) >= 11 is 5.04. The first-order valence-corrected chi connectivity index (χ1v) is 7.45. The number of carboxylic acids is 1. The summed E-state index contributed by atoms with van der Waals surface area (Å²) < 4.78 is 1.08. The minimum Gasteiger partial charge on any atom is -0.481 e. The van der Waals surface area contributed by atoms with Gasteiger partial charge in [-0.25, -0.2) is 0 Å². The number of benzene rings is 1. The Hall–Kier alpha value is -1.33. The number of rotatable bonds is 5. The van der Waals surface area contributed by atoms with E-state index in [0.717, 1.165) is 19.9 Å². The van der Waals surface area contributed by atoms with Crippen molar-refractivity contribution in [3.8, 4) is 0 Å². The van der Waals surface area contributed by atoms with Crippen molar-refractivity contribution in [1.82, 2.24) is 0 Å². The number of anilines is 1. The molecule has 0 atom stereocenters. The lowest BCUT2D eigenvalue weighted by Crippen LogP contribution is -1.99. The molecule has 0 saturated carbocycles. The highest BCUT2D eigenvalue weighted by molar-refractivity contribution is 9.10. The number of hydrogen-bond acceptors (Lipinski definition) is 3. The van der Waals surface area contributed by atoms with Crippen molar-refractivity contribution in [2.75, 3.05) is 5.32 Å². The predicted octanol–water partition coefficient (Wildman–Crippen LogP) is 4.06. The lowest BCUT2D eigenvalue weighted by molar-refractivity contribution is -0.136. The standard InChI is InChI=1S/C14H14BrNO2S/c1-9-12(15)3-2-4-13(9)16-8-11-6-5-10(19-11)7-14(17)18/h2-6,16H,7-8H2,1H3,(H,17,18). The Kier molecular flexibility index (Phi) is 4.61. The van der Waals surface area contributed by atoms with Gasteiger partial charge >= 0.3 is 5.97 Å². The molecule has 100 valence electrons. The highest BCUT2D eigenvalue weighted by atomic mass is 79.9. The zero-order chi connectivity index (χ0) is 13.8. The van der Waals surface area contributed by atoms with Gasteiger partial charge in [0.25, 0.3) is 0 Å². The first-order valence-electron chi connectivity index (χ1n) is 5.84. The molecule has 2 rings (SSSR count). The molecule has 1 heterocycles. The Morgan fingerprint density at radius 3 is 2.79 bits per heavy atom. The van der Waals surface area contributed by atoms with E-state index in [2.05, 4.69) is 28.2 Å². The van der Waals surface area contributed by atoms with Gasteiger partial charge in [0.2, 0.25) is 0 Å². The minimum atomic E-state index is -0.788. The van der Waals surface area contributed by atoms with Gasteiger partial charge in [0.15, 0.2) is 0 Å². The summed E-state index contributed by atoms with van der Waals surface area (Å²) in [4.78, 5) is 12.6. The maximum Gasteiger partial charge on any atom is 0.308 e. The molecule has 3 nitrogen and oxygen atoms in total. The third kappa shape index (κ3) is 3.81. The van der Waals surface area contributed by atoms with Crippen LogP contribution in [0.1, 0.15) is 15.3 Å². The van der Waals surface area contributed by atoms with Crippen LogP contribution in [0.25, 0.3) is 0 Å². The molecule has 0 saturated heterocycles. The molecule has 0 aliphatic rings. The topological polar surface area (TPSA) is 49.3 Å². The molecular weight excluding hydrogens is 326 g/mol. The first kappa shape index (κ1) is 14.1. The lowest BCUT2D eigenvalue weighted by atomic mass is 10.2. The number of aliphatic carboxylic acids is 1. The molecule has 0 unspecified atom stereocenters. The molecule has 19 heavy (non-hydrogen) atoms. The lowest BCUT2D eigenvalue weighted by Gasteiger charge is -2.09. The zero-order valence-corrected chi connectivity index (χ0v) is 12.8. The second-order valence-corrected chi connectivity index (χ2v) is 6.31. The zero-order valence-electron chi connectivity index (χ0n) is 10.4. The van der Waals surface area contributed by atoms with Gasteiger partial charge in [0, 0.05) is 26.5 Å². The maximum absolute atomic E-state index is 10.6. The highest BCUT2D eigenvalue weighted by Gasteiger charge is 2.06. The molecule has 5 heteroatoms. The Balaban J connectivity index is 2.00. The second kappa shape index (κ2) is 6.21. The van der Waals surface area contributed by atoms with Crippen LogP contribution in [0.15, 0.2) is 34.8 Å². The van der Waals surface area contributed by atoms with Crippen molar-refractivity contribution < 1.29 is 9.90 Å². The summed E-state index contributed by atoms with van der Waals surface area (Å²) in [5, 5.41) is 12.1. The quantitative estimate of drug-likeness (QED) is 0.863. The molecule has 0 aliphatic heterocycles. The van der Waals surface area contributed by atoms with Crippen molar-refractivity contribution in [2.24, 2.45) is 0 Å². The summed E-state index contributed by atoms with van der Waals surface area (Å²) in [6.07, 6.45) is 0.0978. The van der Waals surface area contributed by atoms with Gasteiger partial charge in [-0.15, -0.1) is 11.3 Å². The summed E-state index contributed by atoms with van der Waals surface area (Å²) in [6.45, 7) is 2.76. The smallest absolute Gasteiger partial charge is 0.308 e. The second-order valence-electron chi connectivity index (χ2n) is 4.20. The number of hydrogen-bond donors (Lipinski definition) is 2. The van der Waals surface area contributed by atoms with Crippen LogP contribution in [0, 0.1) is 6.92 Å². The SMILES string of the molecule is Cc1c(Br)cccc1NCc1ccc(CC(=O)O)s1. The Morgan fingerprint density at radius 2 is 2.05 bits per heavy atom. The fraction of sp³-hybridized carbons (Fsp3) is 0.214. The van der Waals surface area contributed by atoms with Crippen LogP contribution in [0.3, 0.4) is 0 Å². The summed E-state index contributed by atoms with van der Waals surface area (Å²) in [5.74, 6) is -0.788. The van der Waals surface area contributed by atoms with Crippen molar-refractivity contribution in [1.29, 1.82) is 0 Å². The Labute approximate surface area is 124 Å². The Morgan fingerprint density at radius 1 is 1.32 bits per heavy atom. The van der Waals surface area contributed by atoms with E-state index in [-0.39, 0.29) is 6.42 Å². The molecule has 2 N–H and O–H groups in total. The van der Waals surface area contributed by atoms with Gasteiger partial charge in [-0.1, -0.05) is 22.0 Å². The van der Waals surface area contributed by atoms with E-state index >= 15 is 0 Å². The molecule has 1 aromatic heterocycles. The van der Waals surface area contributed by atoms with Crippen molar-refractivity contribution in [3.05, 3.63) is 50.1 Å². The van der Waals surface area contributed by atoms with Crippen LogP contribution in [0.4, 0.5) is 5.69 Å². The van der Waals surface area contributed by atoms with Gasteiger partial charge in [-0.05, 0) is 36.8 Å². The minimum absolute atomic E-state index is 0.0978. The fourth-order valence-electron chi connectivity index (χ4n) is 1.74. The van der Waals surface area contributed by atoms with Gasteiger partial charge in [0.1, 0.15) is 0 Å². The molecule has 2 aromatic rings. The van der Waals surface area contributed by atoms with Gasteiger partial charge in [-0.2, -0.15) is 0 Å². The van der Waals surface area contributed by atoms with E-state index in [4.69, 9.17) is 5.11 Å². The summed E-state index contributed by atoms with van der Waals surface area (Å²) in [6, 6.07) is 9.89. The molecule has 0 fully saturated rings. The fourth-order valence-corrected chi connectivity index (χ4v) is 3.06. The van der Waals surface area contributed by atoms with E-state index in [9.17, 15) is 4.79 Å². The largest absolute Gasteiger partial charge is 0.481 e. The molecule has 0 aliphatic carbocycles. The molecule has 0 amide bonds. The number of nitrogens with one attached hydrogen (secondary N) is 1. The maximum atomic E-state index is 10.6. The van der Waals surface area contributed by atoms with E-state index < -0.39 is 5.97 Å². The average molecular weight is 340 g/mol. The number of carboxylic acid groups (broad SMARTS) is 1. The monoisotopic (exact) mass is 339 g/mol. The van der Waals surface area contributed by atoms with Gasteiger partial charge < -0.3 is 10.4 Å². The molecule has 1 aromatic carbocycles. The van der Waals surface area contributed by atoms with Crippen LogP contribution in [0.2, 0.25) is 0 Å². The Bertz CT molecular complexity index is 595. The molecule has 0 bridgehead atoms. The summed E-state index contributed by atoms with van der Waals surface area (Å²) in [7, 11) is 0. The van der Waals surface area contributed by atoms with Crippen LogP contribution < -0.4 is 5.32 Å². The van der Waals surface area contributed by atoms with E-state index in [1.54, 1.807) is 0 Å². The van der Waals surface area contributed by atoms with E-state index in [1.807, 2.05) is 30.3 Å². The van der Waals surface area contributed by atoms with E-state index in [0.29, 0.717) is 6.54 Å². The number of halogens is 1. The van der Waals surface area contributed by atoms with E-state index in [1.165, 1.54) is 16.9 Å². The first-order chi connectivity index (χ1) is 9.06. The van der Waals surface area contributed by atoms with Crippen LogP contribution in [-0.4, -0.2) is 11.1 Å². The van der Waals surface area contributed by atoms with Crippen LogP contribution in [-0.2, 0) is 17.8 Å². The molecule has 0 radical (unpaired) electrons. The van der Waals surface area contributed by atoms with Crippen LogP contribution in [0.5, 0.6) is 0 Å². The average Bonchev–Trinajstić information content (AvgIpc) is 2.78. The third-order valence-corrected chi connectivity index (χ3v) is 4.71. The highest BCUT2D eigenvalue weighted by Crippen LogP contribution is 2.25. The van der Waals surface area contributed by atoms with Crippen LogP contribution >= 0.6 is 27.3 Å². The normalized spacial score (nSPS) is 10.4. The number of thiophene rings is 1. The third-order valence-electron chi connectivity index (χ3n) is 2.76. The van der Waals surface area contributed by atoms with Gasteiger partial charge in [0.05, 0.1) is 6.42 Å².